The molecule has 102 valence electrons. The highest BCUT2D eigenvalue weighted by Crippen LogP contribution is 2.32. The van der Waals surface area contributed by atoms with Gasteiger partial charge in [0.1, 0.15) is 6.23 Å². The van der Waals surface area contributed by atoms with E-state index in [2.05, 4.69) is 24.1 Å². The minimum atomic E-state index is -0.635. The quantitative estimate of drug-likeness (QED) is 0.735. The Morgan fingerprint density at radius 3 is 2.78 bits per heavy atom. The van der Waals surface area contributed by atoms with E-state index in [0.29, 0.717) is 23.0 Å². The smallest absolute Gasteiger partial charge is 0.180 e. The number of thiazole rings is 1. The average molecular weight is 269 g/mol. The zero-order valence-corrected chi connectivity index (χ0v) is 11.9. The Morgan fingerprint density at radius 2 is 2.17 bits per heavy atom. The van der Waals surface area contributed by atoms with Crippen LogP contribution in [-0.4, -0.2) is 16.1 Å². The second-order valence-electron chi connectivity index (χ2n) is 5.47. The number of rotatable bonds is 4. The Balaban J connectivity index is 1.98. The highest BCUT2D eigenvalue weighted by Gasteiger charge is 2.29. The molecule has 0 bridgehead atoms. The maximum Gasteiger partial charge on any atom is 0.180 e. The summed E-state index contributed by atoms with van der Waals surface area (Å²) in [6.45, 7) is 4.53. The van der Waals surface area contributed by atoms with Gasteiger partial charge < -0.3 is 10.8 Å². The van der Waals surface area contributed by atoms with Gasteiger partial charge >= 0.3 is 0 Å². The summed E-state index contributed by atoms with van der Waals surface area (Å²) < 4.78 is 0. The van der Waals surface area contributed by atoms with Crippen LogP contribution in [-0.2, 0) is 0 Å². The van der Waals surface area contributed by atoms with Crippen LogP contribution < -0.4 is 11.1 Å². The van der Waals surface area contributed by atoms with E-state index in [1.54, 1.807) is 6.20 Å². The van der Waals surface area contributed by atoms with Crippen LogP contribution >= 0.6 is 11.3 Å². The number of aromatic nitrogens is 1. The van der Waals surface area contributed by atoms with Crippen molar-refractivity contribution < 1.29 is 5.11 Å². The molecule has 0 radical (unpaired) electrons. The SMILES string of the molecule is CC(C)C1CCCCC1N[C@H](O)c1cnc(N)s1. The summed E-state index contributed by atoms with van der Waals surface area (Å²) in [5.74, 6) is 1.31. The third-order valence-corrected chi connectivity index (χ3v) is 4.74. The van der Waals surface area contributed by atoms with Crippen molar-refractivity contribution in [3.05, 3.63) is 11.1 Å². The van der Waals surface area contributed by atoms with Crippen LogP contribution in [0.4, 0.5) is 5.13 Å². The molecule has 1 aliphatic rings. The van der Waals surface area contributed by atoms with Crippen molar-refractivity contribution in [3.63, 3.8) is 0 Å². The van der Waals surface area contributed by atoms with Gasteiger partial charge in [0.15, 0.2) is 5.13 Å². The molecule has 0 aliphatic heterocycles. The Labute approximate surface area is 113 Å². The largest absolute Gasteiger partial charge is 0.375 e. The zero-order chi connectivity index (χ0) is 13.1. The van der Waals surface area contributed by atoms with Gasteiger partial charge in [-0.15, -0.1) is 0 Å². The van der Waals surface area contributed by atoms with Crippen molar-refractivity contribution in [2.24, 2.45) is 11.8 Å². The summed E-state index contributed by atoms with van der Waals surface area (Å²) in [7, 11) is 0. The van der Waals surface area contributed by atoms with Gasteiger partial charge in [0, 0.05) is 12.2 Å². The Hall–Kier alpha value is -0.650. The molecule has 18 heavy (non-hydrogen) atoms. The van der Waals surface area contributed by atoms with Gasteiger partial charge in [-0.1, -0.05) is 38.0 Å². The highest BCUT2D eigenvalue weighted by atomic mass is 32.1. The normalized spacial score (nSPS) is 26.4. The van der Waals surface area contributed by atoms with E-state index < -0.39 is 6.23 Å². The molecule has 2 unspecified atom stereocenters. The van der Waals surface area contributed by atoms with E-state index in [9.17, 15) is 5.11 Å². The van der Waals surface area contributed by atoms with E-state index >= 15 is 0 Å². The molecule has 1 fully saturated rings. The summed E-state index contributed by atoms with van der Waals surface area (Å²) in [4.78, 5) is 4.79. The first kappa shape index (κ1) is 13.8. The molecule has 4 N–H and O–H groups in total. The maximum absolute atomic E-state index is 10.2. The summed E-state index contributed by atoms with van der Waals surface area (Å²) in [6, 6.07) is 0.400. The first-order valence-corrected chi connectivity index (χ1v) is 7.55. The van der Waals surface area contributed by atoms with Gasteiger partial charge in [-0.3, -0.25) is 5.32 Å². The van der Waals surface area contributed by atoms with Gasteiger partial charge in [-0.2, -0.15) is 0 Å². The summed E-state index contributed by atoms with van der Waals surface area (Å²) in [6.07, 6.45) is 5.99. The molecule has 0 spiro atoms. The Bertz CT molecular complexity index is 380. The number of hydrogen-bond acceptors (Lipinski definition) is 5. The van der Waals surface area contributed by atoms with E-state index in [4.69, 9.17) is 5.73 Å². The number of aliphatic hydroxyl groups is 1. The molecule has 1 saturated carbocycles. The summed E-state index contributed by atoms with van der Waals surface area (Å²) in [5, 5.41) is 14.0. The van der Waals surface area contributed by atoms with Gasteiger partial charge in [-0.25, -0.2) is 4.98 Å². The van der Waals surface area contributed by atoms with Crippen molar-refractivity contribution in [2.45, 2.75) is 51.8 Å². The average Bonchev–Trinajstić information content (AvgIpc) is 2.76. The van der Waals surface area contributed by atoms with Crippen LogP contribution in [0.5, 0.6) is 0 Å². The molecule has 4 nitrogen and oxygen atoms in total. The molecule has 1 heterocycles. The standard InChI is InChI=1S/C13H23N3OS/c1-8(2)9-5-3-4-6-10(9)16-12(17)11-7-15-13(14)18-11/h7-10,12,16-17H,3-6H2,1-2H3,(H2,14,15)/t9?,10?,12-/m1/s1. The monoisotopic (exact) mass is 269 g/mol. The first-order chi connectivity index (χ1) is 8.58. The van der Waals surface area contributed by atoms with Crippen molar-refractivity contribution in [2.75, 3.05) is 5.73 Å². The molecule has 3 atom stereocenters. The Kier molecular flexibility index (Phi) is 4.59. The van der Waals surface area contributed by atoms with E-state index in [0.717, 1.165) is 11.3 Å². The fourth-order valence-electron chi connectivity index (χ4n) is 2.88. The van der Waals surface area contributed by atoms with E-state index in [-0.39, 0.29) is 0 Å². The van der Waals surface area contributed by atoms with Crippen molar-refractivity contribution in [1.29, 1.82) is 0 Å². The predicted molar refractivity (Wildman–Crippen MR) is 75.2 cm³/mol. The molecular weight excluding hydrogens is 246 g/mol. The molecular formula is C13H23N3OS. The van der Waals surface area contributed by atoms with Crippen molar-refractivity contribution >= 4 is 16.5 Å². The lowest BCUT2D eigenvalue weighted by atomic mass is 9.78. The van der Waals surface area contributed by atoms with Crippen LogP contribution in [0.1, 0.15) is 50.6 Å². The predicted octanol–water partition coefficient (Wildman–Crippen LogP) is 2.52. The minimum Gasteiger partial charge on any atom is -0.375 e. The molecule has 0 amide bonds. The van der Waals surface area contributed by atoms with Crippen LogP contribution in [0, 0.1) is 11.8 Å². The lowest BCUT2D eigenvalue weighted by Gasteiger charge is -2.36. The maximum atomic E-state index is 10.2. The summed E-state index contributed by atoms with van der Waals surface area (Å²) >= 11 is 1.35. The second kappa shape index (κ2) is 5.99. The van der Waals surface area contributed by atoms with Gasteiger partial charge in [0.05, 0.1) is 4.88 Å². The van der Waals surface area contributed by atoms with Gasteiger partial charge in [-0.05, 0) is 24.7 Å². The van der Waals surface area contributed by atoms with Crippen molar-refractivity contribution in [1.82, 2.24) is 10.3 Å². The topological polar surface area (TPSA) is 71.2 Å². The van der Waals surface area contributed by atoms with E-state index in [1.165, 1.54) is 30.6 Å². The molecule has 1 aliphatic carbocycles. The molecule has 2 rings (SSSR count). The lowest BCUT2D eigenvalue weighted by molar-refractivity contribution is 0.0870. The van der Waals surface area contributed by atoms with Crippen molar-refractivity contribution in [3.8, 4) is 0 Å². The third-order valence-electron chi connectivity index (χ3n) is 3.86. The van der Waals surface area contributed by atoms with Crippen LogP contribution in [0.15, 0.2) is 6.20 Å². The minimum absolute atomic E-state index is 0.400. The van der Waals surface area contributed by atoms with Crippen LogP contribution in [0.2, 0.25) is 0 Å². The number of aliphatic hydroxyl groups excluding tert-OH is 1. The van der Waals surface area contributed by atoms with Crippen LogP contribution in [0.3, 0.4) is 0 Å². The molecule has 1 aromatic rings. The number of nitrogens with one attached hydrogen (secondary N) is 1. The highest BCUT2D eigenvalue weighted by molar-refractivity contribution is 7.15. The first-order valence-electron chi connectivity index (χ1n) is 6.73. The molecule has 1 aromatic heterocycles. The zero-order valence-electron chi connectivity index (χ0n) is 11.1. The van der Waals surface area contributed by atoms with E-state index in [1.807, 2.05) is 0 Å². The third kappa shape index (κ3) is 3.22. The van der Waals surface area contributed by atoms with Gasteiger partial charge in [0.25, 0.3) is 0 Å². The molecule has 5 heteroatoms. The van der Waals surface area contributed by atoms with Crippen LogP contribution in [0.25, 0.3) is 0 Å². The molecule has 0 aromatic carbocycles. The summed E-state index contributed by atoms with van der Waals surface area (Å²) in [5.41, 5.74) is 5.59. The fraction of sp³-hybridized carbons (Fsp3) is 0.769. The number of nitrogens with zero attached hydrogens (tertiary/aromatic N) is 1. The lowest BCUT2D eigenvalue weighted by Crippen LogP contribution is -2.42. The number of nitrogens with two attached hydrogens (primary N) is 1. The fourth-order valence-corrected chi connectivity index (χ4v) is 3.51. The number of nitrogen functional groups attached to an aromatic ring is 1. The van der Waals surface area contributed by atoms with Gasteiger partial charge in [0.2, 0.25) is 0 Å². The number of hydrogen-bond donors (Lipinski definition) is 3. The Morgan fingerprint density at radius 1 is 1.44 bits per heavy atom. The molecule has 0 saturated heterocycles. The second-order valence-corrected chi connectivity index (χ2v) is 6.56. The number of anilines is 1.